The predicted octanol–water partition coefficient (Wildman–Crippen LogP) is 2.87. The first-order chi connectivity index (χ1) is 29.0. The summed E-state index contributed by atoms with van der Waals surface area (Å²) in [5.74, 6) is -2.20. The van der Waals surface area contributed by atoms with Gasteiger partial charge in [-0.1, -0.05) is 23.8 Å². The van der Waals surface area contributed by atoms with Crippen molar-refractivity contribution in [1.82, 2.24) is 35.3 Å². The maximum atomic E-state index is 13.2. The van der Waals surface area contributed by atoms with Gasteiger partial charge in [-0.25, -0.2) is 28.1 Å². The Labute approximate surface area is 353 Å². The minimum absolute atomic E-state index is 0.0128. The zero-order valence-corrected chi connectivity index (χ0v) is 35.6. The molecule has 1 aromatic carbocycles. The fraction of sp³-hybridized carbons (Fsp3) is 0.500. The summed E-state index contributed by atoms with van der Waals surface area (Å²) in [5, 5.41) is 13.2. The molecule has 0 radical (unpaired) electrons. The van der Waals surface area contributed by atoms with E-state index in [0.717, 1.165) is 18.1 Å². The van der Waals surface area contributed by atoms with E-state index >= 15 is 0 Å². The molecule has 0 aliphatic rings. The molecule has 2 amide bonds. The van der Waals surface area contributed by atoms with Crippen LogP contribution >= 0.6 is 0 Å². The van der Waals surface area contributed by atoms with Gasteiger partial charge in [-0.2, -0.15) is 0 Å². The molecule has 20 nitrogen and oxygen atoms in total. The smallest absolute Gasteiger partial charge is 0.311 e. The summed E-state index contributed by atoms with van der Waals surface area (Å²) in [6.45, 7) is 6.42. The lowest BCUT2D eigenvalue weighted by Crippen LogP contribution is -2.27. The van der Waals surface area contributed by atoms with Crippen molar-refractivity contribution in [2.24, 2.45) is 17.1 Å². The highest BCUT2D eigenvalue weighted by Gasteiger charge is 2.24. The first-order valence-corrected chi connectivity index (χ1v) is 21.5. The van der Waals surface area contributed by atoms with Gasteiger partial charge in [0.1, 0.15) is 31.8 Å². The molecule has 0 aliphatic heterocycles. The first kappa shape index (κ1) is 47.9. The number of sulfone groups is 1. The molecule has 0 bridgehead atoms. The van der Waals surface area contributed by atoms with Crippen LogP contribution in [0.1, 0.15) is 81.0 Å². The normalized spacial score (nSPS) is 12.1. The van der Waals surface area contributed by atoms with Crippen molar-refractivity contribution in [1.29, 1.82) is 0 Å². The summed E-state index contributed by atoms with van der Waals surface area (Å²) in [6.07, 6.45) is 8.68. The number of rotatable bonds is 26. The molecule has 330 valence electrons. The van der Waals surface area contributed by atoms with Crippen LogP contribution in [0.4, 0.5) is 5.69 Å². The molecule has 0 spiro atoms. The fourth-order valence-corrected chi connectivity index (χ4v) is 5.88. The van der Waals surface area contributed by atoms with Gasteiger partial charge in [0.25, 0.3) is 5.91 Å². The number of nitrogens with one attached hydrogen (secondary N) is 2. The molecule has 3 aromatic heterocycles. The molecular formula is C40H53N9O11S. The van der Waals surface area contributed by atoms with Gasteiger partial charge in [-0.3, -0.25) is 24.0 Å². The van der Waals surface area contributed by atoms with Gasteiger partial charge in [0.15, 0.2) is 17.3 Å². The first-order valence-electron chi connectivity index (χ1n) is 19.6. The van der Waals surface area contributed by atoms with Crippen molar-refractivity contribution in [2.75, 3.05) is 44.5 Å². The number of amides is 2. The van der Waals surface area contributed by atoms with Crippen LogP contribution in [0.3, 0.4) is 0 Å². The lowest BCUT2D eigenvalue weighted by atomic mass is 9.95. The molecule has 61 heavy (non-hydrogen) atoms. The number of esters is 1. The molecule has 3 heterocycles. The zero-order valence-electron chi connectivity index (χ0n) is 34.8. The van der Waals surface area contributed by atoms with Crippen molar-refractivity contribution in [3.8, 4) is 11.5 Å². The molecular weight excluding hydrogens is 815 g/mol. The van der Waals surface area contributed by atoms with Crippen molar-refractivity contribution in [3.63, 3.8) is 0 Å². The molecule has 0 saturated heterocycles. The Bertz CT molecular complexity index is 2180. The maximum absolute atomic E-state index is 13.2. The van der Waals surface area contributed by atoms with E-state index in [-0.39, 0.29) is 79.4 Å². The summed E-state index contributed by atoms with van der Waals surface area (Å²) in [6, 6.07) is 6.93. The molecule has 4 rings (SSSR count). The van der Waals surface area contributed by atoms with Crippen molar-refractivity contribution < 1.29 is 51.0 Å². The highest BCUT2D eigenvalue weighted by atomic mass is 32.2. The number of Topliss-reactive ketones (excluding diaryl/α,β-unsaturated/α-hetero) is 2. The second kappa shape index (κ2) is 23.3. The lowest BCUT2D eigenvalue weighted by Gasteiger charge is -2.17. The summed E-state index contributed by atoms with van der Waals surface area (Å²) >= 11 is 0. The van der Waals surface area contributed by atoms with Crippen molar-refractivity contribution in [2.45, 2.75) is 84.1 Å². The standard InChI is InChI=1S/C40H53N9O11S/c1-40(2,3)38(54)60-23-27-10-12-30(13-11-27)45-35(52)28(8-5-6-14-41)18-33(51)25-58-24-32(50)9-7-16-57-17-15-49-22-31(47-48-49)21-42-36(53)34-26-59-37(46-34)29-19-43-39(44-20-29)61(4,55)56/h10-13,19-20,22,26,28H,5-9,14-18,21,23-25,41H2,1-4H3,(H,42,53)(H,45,52)/t28-/m1/s1. The molecule has 1 atom stereocenters. The molecule has 21 heteroatoms. The van der Waals surface area contributed by atoms with E-state index < -0.39 is 27.1 Å². The van der Waals surface area contributed by atoms with Crippen LogP contribution in [0.2, 0.25) is 0 Å². The molecule has 4 N–H and O–H groups in total. The van der Waals surface area contributed by atoms with Crippen LogP contribution < -0.4 is 16.4 Å². The number of hydrogen-bond donors (Lipinski definition) is 3. The van der Waals surface area contributed by atoms with E-state index in [0.29, 0.717) is 68.9 Å². The monoisotopic (exact) mass is 867 g/mol. The summed E-state index contributed by atoms with van der Waals surface area (Å²) in [4.78, 5) is 74.6. The second-order valence-corrected chi connectivity index (χ2v) is 17.1. The Kier molecular flexibility index (Phi) is 18.3. The van der Waals surface area contributed by atoms with E-state index in [9.17, 15) is 32.4 Å². The number of unbranched alkanes of at least 4 members (excludes halogenated alkanes) is 1. The molecule has 0 fully saturated rings. The van der Waals surface area contributed by atoms with Gasteiger partial charge in [-0.15, -0.1) is 5.10 Å². The highest BCUT2D eigenvalue weighted by molar-refractivity contribution is 7.90. The topological polar surface area (TPSA) is 280 Å². The number of anilines is 1. The number of aromatic nitrogens is 6. The number of nitrogens with two attached hydrogens (primary N) is 1. The van der Waals surface area contributed by atoms with Crippen molar-refractivity contribution in [3.05, 3.63) is 66.1 Å². The number of ether oxygens (including phenoxy) is 3. The minimum atomic E-state index is -3.57. The average molecular weight is 868 g/mol. The summed E-state index contributed by atoms with van der Waals surface area (Å²) in [5.41, 5.74) is 7.10. The Morgan fingerprint density at radius 3 is 2.36 bits per heavy atom. The molecule has 4 aromatic rings. The van der Waals surface area contributed by atoms with Crippen LogP contribution in [-0.2, 0) is 62.9 Å². The molecule has 0 aliphatic carbocycles. The van der Waals surface area contributed by atoms with Crippen LogP contribution in [0.5, 0.6) is 0 Å². The SMILES string of the molecule is CC(C)(C)C(=O)OCc1ccc(NC(=O)[C@H](CCCCN)CC(=O)COCC(=O)CCCOCCn2cc(CNC(=O)c3coc(-c4cnc(S(C)(=O)=O)nc4)n3)nn2)cc1. The largest absolute Gasteiger partial charge is 0.460 e. The molecule has 0 unspecified atom stereocenters. The Morgan fingerprint density at radius 1 is 0.951 bits per heavy atom. The predicted molar refractivity (Wildman–Crippen MR) is 218 cm³/mol. The quantitative estimate of drug-likeness (QED) is 0.0465. The van der Waals surface area contributed by atoms with E-state index in [1.807, 2.05) is 0 Å². The van der Waals surface area contributed by atoms with Gasteiger partial charge in [0.05, 0.1) is 36.9 Å². The van der Waals surface area contributed by atoms with Gasteiger partial charge in [0, 0.05) is 49.7 Å². The number of nitrogens with zero attached hydrogens (tertiary/aromatic N) is 6. The number of oxazole rings is 1. The van der Waals surface area contributed by atoms with E-state index in [1.165, 1.54) is 12.4 Å². The number of hydrogen-bond acceptors (Lipinski definition) is 17. The Balaban J connectivity index is 1.08. The number of benzene rings is 1. The van der Waals surface area contributed by atoms with Crippen LogP contribution in [0.25, 0.3) is 11.5 Å². The zero-order chi connectivity index (χ0) is 44.4. The van der Waals surface area contributed by atoms with E-state index in [4.69, 9.17) is 24.4 Å². The third-order valence-electron chi connectivity index (χ3n) is 8.75. The number of carbonyl (C=O) groups excluding carboxylic acids is 5. The van der Waals surface area contributed by atoms with Crippen LogP contribution in [0.15, 0.2) is 58.7 Å². The third-order valence-corrected chi connectivity index (χ3v) is 9.62. The van der Waals surface area contributed by atoms with Gasteiger partial charge in [0.2, 0.25) is 26.8 Å². The highest BCUT2D eigenvalue weighted by Crippen LogP contribution is 2.21. The van der Waals surface area contributed by atoms with Crippen molar-refractivity contribution >= 4 is 44.9 Å². The maximum Gasteiger partial charge on any atom is 0.311 e. The van der Waals surface area contributed by atoms with E-state index in [1.54, 1.807) is 55.9 Å². The minimum Gasteiger partial charge on any atom is -0.460 e. The average Bonchev–Trinajstić information content (AvgIpc) is 3.90. The Morgan fingerprint density at radius 2 is 1.67 bits per heavy atom. The Hall–Kier alpha value is -5.77. The van der Waals surface area contributed by atoms with Gasteiger partial charge in [-0.05, 0) is 64.3 Å². The molecule has 0 saturated carbocycles. The van der Waals surface area contributed by atoms with Gasteiger partial charge >= 0.3 is 5.97 Å². The van der Waals surface area contributed by atoms with Gasteiger partial charge < -0.3 is 35.0 Å². The fourth-order valence-electron chi connectivity index (χ4n) is 5.39. The third kappa shape index (κ3) is 16.7. The van der Waals surface area contributed by atoms with E-state index in [2.05, 4.69) is 35.9 Å². The number of ketones is 2. The second-order valence-electron chi connectivity index (χ2n) is 15.2. The van der Waals surface area contributed by atoms with Crippen LogP contribution in [-0.4, -0.2) is 107 Å². The lowest BCUT2D eigenvalue weighted by molar-refractivity contribution is -0.154. The number of carbonyl (C=O) groups is 5. The summed E-state index contributed by atoms with van der Waals surface area (Å²) in [7, 11) is -3.57. The summed E-state index contributed by atoms with van der Waals surface area (Å²) < 4.78 is 46.3. The van der Waals surface area contributed by atoms with Crippen LogP contribution in [0, 0.1) is 11.3 Å².